The summed E-state index contributed by atoms with van der Waals surface area (Å²) in [5.74, 6) is -4.55. The molecule has 0 aromatic heterocycles. The Morgan fingerprint density at radius 2 is 1.45 bits per heavy atom. The van der Waals surface area contributed by atoms with E-state index in [4.69, 9.17) is 23.7 Å². The van der Waals surface area contributed by atoms with E-state index in [0.717, 1.165) is 31.2 Å². The van der Waals surface area contributed by atoms with Crippen LogP contribution < -0.4 is 0 Å². The Hall–Kier alpha value is -3.76. The molecule has 1 aromatic carbocycles. The summed E-state index contributed by atoms with van der Waals surface area (Å²) in [6.45, 7) is 12.5. The van der Waals surface area contributed by atoms with Crippen LogP contribution in [-0.2, 0) is 59.1 Å². The monoisotopic (exact) mass is 738 g/mol. The lowest BCUT2D eigenvalue weighted by atomic mass is 9.43. The first kappa shape index (κ1) is 40.4. The summed E-state index contributed by atoms with van der Waals surface area (Å²) in [7, 11) is 0. The van der Waals surface area contributed by atoms with Gasteiger partial charge in [-0.2, -0.15) is 0 Å². The number of esters is 5. The summed E-state index contributed by atoms with van der Waals surface area (Å²) in [4.78, 5) is 76.9. The van der Waals surface area contributed by atoms with Crippen molar-refractivity contribution >= 4 is 35.6 Å². The lowest BCUT2D eigenvalue weighted by Crippen LogP contribution is -2.63. The molecule has 12 atom stereocenters. The standard InChI is InChI=1S/C42H58O11/c1-8-49-39(47)38(40(48)50-23-28-12-10-9-11-13-28)34(46)17-14-24(2)31-15-16-32-37-33(22-36(42(31,32)7)53-27(5)45)41(6)19-18-30(51-25(3)43)20-29(41)21-35(37)52-26(4)44/h9-13,24,29-33,35-38H,8,14-23H2,1-7H3/t24-,29?,30?,31-,32+,33+,35?,36?,37+,38?,41+,42-/m1/s1. The SMILES string of the molecule is CCOC(=O)C(C(=O)CC[C@@H](C)[C@H]1CC[C@H]2[C@@H]3C(OC(C)=O)CC4CC(OC(C)=O)CC[C@]4(C)[C@H]3CC(OC(C)=O)[C@]12C)C(=O)OCc1ccccc1. The van der Waals surface area contributed by atoms with Gasteiger partial charge in [0.05, 0.1) is 6.61 Å². The lowest BCUT2D eigenvalue weighted by Gasteiger charge is -2.64. The van der Waals surface area contributed by atoms with Gasteiger partial charge in [0, 0.05) is 38.5 Å². The molecule has 4 aliphatic carbocycles. The number of hydrogen-bond donors (Lipinski definition) is 0. The quantitative estimate of drug-likeness (QED) is 0.123. The topological polar surface area (TPSA) is 149 Å². The zero-order valence-corrected chi connectivity index (χ0v) is 32.4. The highest BCUT2D eigenvalue weighted by atomic mass is 16.6. The number of carbonyl (C=O) groups is 6. The molecule has 53 heavy (non-hydrogen) atoms. The molecule has 0 radical (unpaired) electrons. The molecule has 0 saturated heterocycles. The Bertz CT molecular complexity index is 1520. The highest BCUT2D eigenvalue weighted by Crippen LogP contribution is 2.69. The average molecular weight is 739 g/mol. The molecule has 0 aliphatic heterocycles. The average Bonchev–Trinajstić information content (AvgIpc) is 3.45. The minimum absolute atomic E-state index is 0.0212. The molecule has 0 amide bonds. The first-order valence-corrected chi connectivity index (χ1v) is 19.5. The Morgan fingerprint density at radius 1 is 0.792 bits per heavy atom. The molecular formula is C42H58O11. The summed E-state index contributed by atoms with van der Waals surface area (Å²) >= 11 is 0. The Morgan fingerprint density at radius 3 is 2.09 bits per heavy atom. The number of benzene rings is 1. The van der Waals surface area contributed by atoms with Crippen molar-refractivity contribution in [1.29, 1.82) is 0 Å². The smallest absolute Gasteiger partial charge is 0.328 e. The largest absolute Gasteiger partial charge is 0.465 e. The van der Waals surface area contributed by atoms with Crippen LogP contribution in [0, 0.1) is 52.3 Å². The van der Waals surface area contributed by atoms with Crippen LogP contribution in [0.3, 0.4) is 0 Å². The summed E-state index contributed by atoms with van der Waals surface area (Å²) in [6, 6.07) is 9.04. The van der Waals surface area contributed by atoms with Crippen molar-refractivity contribution in [3.63, 3.8) is 0 Å². The second kappa shape index (κ2) is 16.7. The third-order valence-corrected chi connectivity index (χ3v) is 13.6. The second-order valence-electron chi connectivity index (χ2n) is 16.5. The minimum atomic E-state index is -1.67. The van der Waals surface area contributed by atoms with Gasteiger partial charge in [-0.15, -0.1) is 0 Å². The maximum absolute atomic E-state index is 13.6. The molecule has 0 N–H and O–H groups in total. The van der Waals surface area contributed by atoms with Gasteiger partial charge in [-0.25, -0.2) is 0 Å². The molecule has 1 aromatic rings. The van der Waals surface area contributed by atoms with E-state index in [0.29, 0.717) is 25.7 Å². The molecule has 11 nitrogen and oxygen atoms in total. The zero-order valence-electron chi connectivity index (χ0n) is 32.4. The number of ether oxygens (including phenoxy) is 5. The van der Waals surface area contributed by atoms with Crippen LogP contribution in [0.25, 0.3) is 0 Å². The molecule has 5 rings (SSSR count). The van der Waals surface area contributed by atoms with Crippen LogP contribution >= 0.6 is 0 Å². The van der Waals surface area contributed by atoms with Crippen molar-refractivity contribution in [1.82, 2.24) is 0 Å². The summed E-state index contributed by atoms with van der Waals surface area (Å²) < 4.78 is 28.6. The first-order valence-electron chi connectivity index (χ1n) is 19.5. The highest BCUT2D eigenvalue weighted by molar-refractivity contribution is 6.15. The van der Waals surface area contributed by atoms with Crippen molar-refractivity contribution in [3.05, 3.63) is 35.9 Å². The molecule has 0 heterocycles. The van der Waals surface area contributed by atoms with Crippen molar-refractivity contribution < 1.29 is 52.5 Å². The highest BCUT2D eigenvalue weighted by Gasteiger charge is 2.67. The number of hydrogen-bond acceptors (Lipinski definition) is 11. The van der Waals surface area contributed by atoms with E-state index in [1.165, 1.54) is 20.8 Å². The van der Waals surface area contributed by atoms with E-state index in [2.05, 4.69) is 20.8 Å². The van der Waals surface area contributed by atoms with Crippen LogP contribution in [0.2, 0.25) is 0 Å². The van der Waals surface area contributed by atoms with Gasteiger partial charge in [0.1, 0.15) is 24.9 Å². The third-order valence-electron chi connectivity index (χ3n) is 13.6. The lowest BCUT2D eigenvalue weighted by molar-refractivity contribution is -0.224. The van der Waals surface area contributed by atoms with Crippen LogP contribution in [-0.4, -0.2) is 60.5 Å². The molecule has 292 valence electrons. The zero-order chi connectivity index (χ0) is 38.7. The maximum Gasteiger partial charge on any atom is 0.328 e. The number of fused-ring (bicyclic) bond motifs is 5. The van der Waals surface area contributed by atoms with Crippen molar-refractivity contribution in [2.24, 2.45) is 52.3 Å². The molecule has 0 spiro atoms. The summed E-state index contributed by atoms with van der Waals surface area (Å²) in [5, 5.41) is 0. The van der Waals surface area contributed by atoms with Gasteiger partial charge < -0.3 is 23.7 Å². The summed E-state index contributed by atoms with van der Waals surface area (Å²) in [6.07, 6.45) is 4.82. The Balaban J connectivity index is 1.37. The van der Waals surface area contributed by atoms with Gasteiger partial charge in [-0.3, -0.25) is 28.8 Å². The van der Waals surface area contributed by atoms with Crippen LogP contribution in [0.5, 0.6) is 0 Å². The van der Waals surface area contributed by atoms with Gasteiger partial charge in [0.2, 0.25) is 5.92 Å². The van der Waals surface area contributed by atoms with Gasteiger partial charge in [0.25, 0.3) is 0 Å². The fraction of sp³-hybridized carbons (Fsp3) is 0.714. The third kappa shape index (κ3) is 8.49. The maximum atomic E-state index is 13.6. The van der Waals surface area contributed by atoms with Crippen LogP contribution in [0.15, 0.2) is 30.3 Å². The summed E-state index contributed by atoms with van der Waals surface area (Å²) in [5.41, 5.74) is 0.144. The molecule has 0 bridgehead atoms. The van der Waals surface area contributed by atoms with E-state index in [1.54, 1.807) is 19.1 Å². The number of carbonyl (C=O) groups excluding carboxylic acids is 6. The minimum Gasteiger partial charge on any atom is -0.465 e. The van der Waals surface area contributed by atoms with Gasteiger partial charge in [0.15, 0.2) is 5.78 Å². The fourth-order valence-electron chi connectivity index (χ4n) is 11.2. The Labute approximate surface area is 313 Å². The number of ketones is 1. The molecule has 11 heteroatoms. The van der Waals surface area contributed by atoms with E-state index in [1.807, 2.05) is 18.2 Å². The molecular weight excluding hydrogens is 680 g/mol. The first-order chi connectivity index (χ1) is 25.1. The molecule has 5 unspecified atom stereocenters. The van der Waals surface area contributed by atoms with Gasteiger partial charge in [-0.05, 0) is 98.9 Å². The van der Waals surface area contributed by atoms with Crippen LogP contribution in [0.1, 0.15) is 112 Å². The normalized spacial score (nSPS) is 34.2. The Kier molecular flexibility index (Phi) is 12.8. The van der Waals surface area contributed by atoms with E-state index in [-0.39, 0.29) is 90.7 Å². The van der Waals surface area contributed by atoms with Crippen LogP contribution in [0.4, 0.5) is 0 Å². The van der Waals surface area contributed by atoms with Crippen molar-refractivity contribution in [3.8, 4) is 0 Å². The van der Waals surface area contributed by atoms with Crippen molar-refractivity contribution in [2.75, 3.05) is 6.61 Å². The predicted molar refractivity (Wildman–Crippen MR) is 192 cm³/mol. The molecule has 4 saturated carbocycles. The molecule has 4 aliphatic rings. The van der Waals surface area contributed by atoms with E-state index < -0.39 is 35.2 Å². The van der Waals surface area contributed by atoms with Crippen molar-refractivity contribution in [2.45, 2.75) is 131 Å². The predicted octanol–water partition coefficient (Wildman–Crippen LogP) is 6.57. The van der Waals surface area contributed by atoms with E-state index in [9.17, 15) is 28.8 Å². The second-order valence-corrected chi connectivity index (χ2v) is 16.5. The van der Waals surface area contributed by atoms with Gasteiger partial charge >= 0.3 is 29.8 Å². The number of rotatable bonds is 13. The fourth-order valence-corrected chi connectivity index (χ4v) is 11.2. The molecule has 4 fully saturated rings. The van der Waals surface area contributed by atoms with Gasteiger partial charge in [-0.1, -0.05) is 51.1 Å². The van der Waals surface area contributed by atoms with E-state index >= 15 is 0 Å². The number of Topliss-reactive ketones (excluding diaryl/α,β-unsaturated/α-hetero) is 1.